The van der Waals surface area contributed by atoms with Crippen molar-refractivity contribution in [2.45, 2.75) is 12.6 Å². The van der Waals surface area contributed by atoms with Gasteiger partial charge in [0.15, 0.2) is 0 Å². The predicted octanol–water partition coefficient (Wildman–Crippen LogP) is 2.49. The molecule has 0 unspecified atom stereocenters. The van der Waals surface area contributed by atoms with Crippen LogP contribution >= 0.6 is 0 Å². The number of hydrogen-bond acceptors (Lipinski definition) is 3. The van der Waals surface area contributed by atoms with Crippen LogP contribution in [0.1, 0.15) is 0 Å². The lowest BCUT2D eigenvalue weighted by molar-refractivity contribution is 0.0119. The molecule has 0 bridgehead atoms. The fraction of sp³-hybridized carbons (Fsp3) is 0.368. The summed E-state index contributed by atoms with van der Waals surface area (Å²) in [5, 5.41) is 13.1. The molecule has 0 aliphatic carbocycles. The first-order chi connectivity index (χ1) is 11.3. The Hall–Kier alpha value is -1.88. The van der Waals surface area contributed by atoms with E-state index >= 15 is 0 Å². The maximum Gasteiger partial charge on any atom is 0.0846 e. The number of rotatable bonds is 4. The molecule has 23 heavy (non-hydrogen) atoms. The van der Waals surface area contributed by atoms with Crippen LogP contribution in [-0.2, 0) is 11.3 Å². The van der Waals surface area contributed by atoms with Gasteiger partial charge in [0.25, 0.3) is 0 Å². The SMILES string of the molecule is O[C@H](CN1CCOCC1)Cn1c2ccccc2c2ccccc21. The van der Waals surface area contributed by atoms with Crippen LogP contribution in [0.4, 0.5) is 0 Å². The third kappa shape index (κ3) is 2.85. The van der Waals surface area contributed by atoms with Crippen molar-refractivity contribution in [3.05, 3.63) is 48.5 Å². The average Bonchev–Trinajstić information content (AvgIpc) is 2.90. The van der Waals surface area contributed by atoms with E-state index in [0.29, 0.717) is 13.1 Å². The number of aromatic nitrogens is 1. The van der Waals surface area contributed by atoms with Crippen molar-refractivity contribution in [3.8, 4) is 0 Å². The molecule has 1 aliphatic rings. The minimum Gasteiger partial charge on any atom is -0.390 e. The number of fused-ring (bicyclic) bond motifs is 3. The third-order valence-corrected chi connectivity index (χ3v) is 4.65. The first-order valence-electron chi connectivity index (χ1n) is 8.27. The van der Waals surface area contributed by atoms with E-state index in [0.717, 1.165) is 26.3 Å². The summed E-state index contributed by atoms with van der Waals surface area (Å²) < 4.78 is 7.62. The molecular weight excluding hydrogens is 288 g/mol. The second kappa shape index (κ2) is 6.32. The van der Waals surface area contributed by atoms with Crippen molar-refractivity contribution < 1.29 is 9.84 Å². The summed E-state index contributed by atoms with van der Waals surface area (Å²) in [6, 6.07) is 16.9. The summed E-state index contributed by atoms with van der Waals surface area (Å²) in [5.74, 6) is 0. The number of morpholine rings is 1. The average molecular weight is 310 g/mol. The summed E-state index contributed by atoms with van der Waals surface area (Å²) in [4.78, 5) is 2.28. The normalized spacial score (nSPS) is 17.8. The number of nitrogens with zero attached hydrogens (tertiary/aromatic N) is 2. The van der Waals surface area contributed by atoms with E-state index in [4.69, 9.17) is 4.74 Å². The first-order valence-corrected chi connectivity index (χ1v) is 8.27. The summed E-state index contributed by atoms with van der Waals surface area (Å²) in [6.07, 6.45) is -0.382. The molecule has 1 N–H and O–H groups in total. The molecule has 4 heteroatoms. The van der Waals surface area contributed by atoms with Crippen LogP contribution in [-0.4, -0.2) is 53.5 Å². The van der Waals surface area contributed by atoms with Crippen molar-refractivity contribution in [1.29, 1.82) is 0 Å². The van der Waals surface area contributed by atoms with Crippen molar-refractivity contribution >= 4 is 21.8 Å². The lowest BCUT2D eigenvalue weighted by Gasteiger charge is -2.28. The lowest BCUT2D eigenvalue weighted by atomic mass is 10.2. The molecule has 0 amide bonds. The first kappa shape index (κ1) is 14.7. The molecule has 120 valence electrons. The Bertz CT molecular complexity index is 752. The van der Waals surface area contributed by atoms with Crippen LogP contribution in [0.15, 0.2) is 48.5 Å². The van der Waals surface area contributed by atoms with Gasteiger partial charge in [0, 0.05) is 41.4 Å². The smallest absolute Gasteiger partial charge is 0.0846 e. The van der Waals surface area contributed by atoms with Crippen LogP contribution in [0.25, 0.3) is 21.8 Å². The molecule has 1 fully saturated rings. The Labute approximate surface area is 135 Å². The quantitative estimate of drug-likeness (QED) is 0.804. The monoisotopic (exact) mass is 310 g/mol. The molecule has 4 rings (SSSR count). The highest BCUT2D eigenvalue weighted by molar-refractivity contribution is 6.07. The fourth-order valence-corrected chi connectivity index (χ4v) is 3.55. The third-order valence-electron chi connectivity index (χ3n) is 4.65. The Morgan fingerprint density at radius 1 is 0.870 bits per heavy atom. The van der Waals surface area contributed by atoms with Crippen molar-refractivity contribution in [1.82, 2.24) is 9.47 Å². The van der Waals surface area contributed by atoms with Gasteiger partial charge in [-0.2, -0.15) is 0 Å². The molecule has 0 radical (unpaired) electrons. The second-order valence-corrected chi connectivity index (χ2v) is 6.21. The zero-order chi connectivity index (χ0) is 15.6. The van der Waals surface area contributed by atoms with Gasteiger partial charge < -0.3 is 14.4 Å². The summed E-state index contributed by atoms with van der Waals surface area (Å²) >= 11 is 0. The second-order valence-electron chi connectivity index (χ2n) is 6.21. The molecule has 2 heterocycles. The zero-order valence-corrected chi connectivity index (χ0v) is 13.2. The molecular formula is C19H22N2O2. The number of ether oxygens (including phenoxy) is 1. The van der Waals surface area contributed by atoms with Crippen LogP contribution in [0.3, 0.4) is 0 Å². The molecule has 4 nitrogen and oxygen atoms in total. The molecule has 3 aromatic rings. The van der Waals surface area contributed by atoms with Gasteiger partial charge in [0.05, 0.1) is 25.9 Å². The minimum atomic E-state index is -0.382. The molecule has 1 saturated heterocycles. The van der Waals surface area contributed by atoms with Gasteiger partial charge in [-0.15, -0.1) is 0 Å². The number of hydrogen-bond donors (Lipinski definition) is 1. The van der Waals surface area contributed by atoms with Crippen LogP contribution in [0.5, 0.6) is 0 Å². The van der Waals surface area contributed by atoms with Gasteiger partial charge in [-0.1, -0.05) is 36.4 Å². The van der Waals surface area contributed by atoms with Crippen LogP contribution < -0.4 is 0 Å². The lowest BCUT2D eigenvalue weighted by Crippen LogP contribution is -2.42. The Kier molecular flexibility index (Phi) is 4.04. The highest BCUT2D eigenvalue weighted by Gasteiger charge is 2.17. The Morgan fingerprint density at radius 2 is 1.43 bits per heavy atom. The van der Waals surface area contributed by atoms with E-state index < -0.39 is 0 Å². The van der Waals surface area contributed by atoms with Crippen molar-refractivity contribution in [3.63, 3.8) is 0 Å². The van der Waals surface area contributed by atoms with Gasteiger partial charge in [-0.05, 0) is 12.1 Å². The maximum atomic E-state index is 10.6. The molecule has 0 saturated carbocycles. The number of para-hydroxylation sites is 2. The van der Waals surface area contributed by atoms with E-state index in [9.17, 15) is 5.11 Å². The standard InChI is InChI=1S/C19H22N2O2/c22-15(13-20-9-11-23-12-10-20)14-21-18-7-3-1-5-16(18)17-6-2-4-8-19(17)21/h1-8,15,22H,9-14H2/t15-/m1/s1. The zero-order valence-electron chi connectivity index (χ0n) is 13.2. The molecule has 1 aliphatic heterocycles. The number of aliphatic hydroxyl groups is 1. The highest BCUT2D eigenvalue weighted by Crippen LogP contribution is 2.28. The summed E-state index contributed by atoms with van der Waals surface area (Å²) in [5.41, 5.74) is 2.38. The largest absolute Gasteiger partial charge is 0.390 e. The topological polar surface area (TPSA) is 37.6 Å². The minimum absolute atomic E-state index is 0.382. The molecule has 2 aromatic carbocycles. The van der Waals surface area contributed by atoms with Crippen LogP contribution in [0.2, 0.25) is 0 Å². The molecule has 1 atom stereocenters. The number of benzene rings is 2. The maximum absolute atomic E-state index is 10.6. The van der Waals surface area contributed by atoms with E-state index in [1.165, 1.54) is 21.8 Å². The van der Waals surface area contributed by atoms with Gasteiger partial charge in [0.2, 0.25) is 0 Å². The summed E-state index contributed by atoms with van der Waals surface area (Å²) in [6.45, 7) is 4.66. The molecule has 0 spiro atoms. The summed E-state index contributed by atoms with van der Waals surface area (Å²) in [7, 11) is 0. The van der Waals surface area contributed by atoms with Gasteiger partial charge in [0.1, 0.15) is 0 Å². The van der Waals surface area contributed by atoms with Crippen molar-refractivity contribution in [2.24, 2.45) is 0 Å². The van der Waals surface area contributed by atoms with Crippen molar-refractivity contribution in [2.75, 3.05) is 32.8 Å². The highest BCUT2D eigenvalue weighted by atomic mass is 16.5. The van der Waals surface area contributed by atoms with E-state index in [-0.39, 0.29) is 6.10 Å². The van der Waals surface area contributed by atoms with E-state index in [1.807, 2.05) is 0 Å². The van der Waals surface area contributed by atoms with Gasteiger partial charge in [-0.3, -0.25) is 4.90 Å². The Morgan fingerprint density at radius 3 is 2.04 bits per heavy atom. The number of aliphatic hydroxyl groups excluding tert-OH is 1. The predicted molar refractivity (Wildman–Crippen MR) is 92.7 cm³/mol. The fourth-order valence-electron chi connectivity index (χ4n) is 3.55. The van der Waals surface area contributed by atoms with E-state index in [1.54, 1.807) is 0 Å². The Balaban J connectivity index is 1.64. The van der Waals surface area contributed by atoms with Gasteiger partial charge in [-0.25, -0.2) is 0 Å². The molecule has 1 aromatic heterocycles. The number of β-amino-alcohol motifs (C(OH)–C–C–N with tert-alkyl or cyclic N) is 1. The van der Waals surface area contributed by atoms with Gasteiger partial charge >= 0.3 is 0 Å². The van der Waals surface area contributed by atoms with E-state index in [2.05, 4.69) is 58.0 Å². The van der Waals surface area contributed by atoms with Crippen LogP contribution in [0, 0.1) is 0 Å².